The average Bonchev–Trinajstić information content (AvgIpc) is 2.40. The first-order valence-corrected chi connectivity index (χ1v) is 5.32. The molecule has 2 aromatic rings. The second-order valence-corrected chi connectivity index (χ2v) is 3.41. The standard InChI is InChI=1S/C13H12N2O3/c1-17-11-7-5-10(6-8-11)15-13(16)18-12-4-2-3-9-14-12/h2-9H,1H3,(H,15,16). The number of amides is 1. The molecule has 0 aliphatic heterocycles. The van der Waals surface area contributed by atoms with Gasteiger partial charge in [0.2, 0.25) is 5.88 Å². The van der Waals surface area contributed by atoms with Crippen LogP contribution in [0, 0.1) is 0 Å². The number of carbonyl (C=O) groups excluding carboxylic acids is 1. The molecule has 0 aliphatic rings. The summed E-state index contributed by atoms with van der Waals surface area (Å²) in [5, 5.41) is 2.58. The van der Waals surface area contributed by atoms with Gasteiger partial charge in [0.1, 0.15) is 5.75 Å². The summed E-state index contributed by atoms with van der Waals surface area (Å²) in [6.45, 7) is 0. The van der Waals surface area contributed by atoms with Crippen LogP contribution in [0.1, 0.15) is 0 Å². The second kappa shape index (κ2) is 5.67. The third-order valence-corrected chi connectivity index (χ3v) is 2.17. The number of nitrogens with zero attached hydrogens (tertiary/aromatic N) is 1. The molecular formula is C13H12N2O3. The number of ether oxygens (including phenoxy) is 2. The summed E-state index contributed by atoms with van der Waals surface area (Å²) in [4.78, 5) is 15.4. The number of nitrogens with one attached hydrogen (secondary N) is 1. The first-order chi connectivity index (χ1) is 8.78. The van der Waals surface area contributed by atoms with E-state index in [-0.39, 0.29) is 5.88 Å². The van der Waals surface area contributed by atoms with Crippen molar-refractivity contribution in [1.29, 1.82) is 0 Å². The summed E-state index contributed by atoms with van der Waals surface area (Å²) in [5.41, 5.74) is 0.622. The minimum absolute atomic E-state index is 0.253. The van der Waals surface area contributed by atoms with Crippen LogP contribution >= 0.6 is 0 Å². The molecule has 1 heterocycles. The molecule has 2 rings (SSSR count). The van der Waals surface area contributed by atoms with E-state index in [4.69, 9.17) is 9.47 Å². The summed E-state index contributed by atoms with van der Waals surface area (Å²) < 4.78 is 10.00. The molecule has 0 aliphatic carbocycles. The summed E-state index contributed by atoms with van der Waals surface area (Å²) in [5.74, 6) is 0.974. The van der Waals surface area contributed by atoms with Gasteiger partial charge in [-0.3, -0.25) is 5.32 Å². The van der Waals surface area contributed by atoms with Crippen molar-refractivity contribution in [1.82, 2.24) is 4.98 Å². The summed E-state index contributed by atoms with van der Waals surface area (Å²) in [6, 6.07) is 12.0. The van der Waals surface area contributed by atoms with Gasteiger partial charge in [0.25, 0.3) is 0 Å². The molecule has 0 saturated carbocycles. The smallest absolute Gasteiger partial charge is 0.418 e. The molecular weight excluding hydrogens is 232 g/mol. The van der Waals surface area contributed by atoms with Crippen molar-refractivity contribution in [2.45, 2.75) is 0 Å². The molecule has 1 amide bonds. The molecule has 1 N–H and O–H groups in total. The Hall–Kier alpha value is -2.56. The van der Waals surface area contributed by atoms with Crippen molar-refractivity contribution < 1.29 is 14.3 Å². The Kier molecular flexibility index (Phi) is 3.76. The van der Waals surface area contributed by atoms with E-state index in [9.17, 15) is 4.79 Å². The van der Waals surface area contributed by atoms with Gasteiger partial charge < -0.3 is 9.47 Å². The minimum Gasteiger partial charge on any atom is -0.497 e. The summed E-state index contributed by atoms with van der Waals surface area (Å²) in [7, 11) is 1.58. The molecule has 1 aromatic heterocycles. The van der Waals surface area contributed by atoms with Gasteiger partial charge in [-0.15, -0.1) is 0 Å². The Labute approximate surface area is 104 Å². The van der Waals surface area contributed by atoms with Crippen LogP contribution in [0.2, 0.25) is 0 Å². The van der Waals surface area contributed by atoms with E-state index in [1.807, 2.05) is 0 Å². The molecule has 5 heteroatoms. The Morgan fingerprint density at radius 2 is 1.94 bits per heavy atom. The molecule has 18 heavy (non-hydrogen) atoms. The van der Waals surface area contributed by atoms with Crippen molar-refractivity contribution in [3.05, 3.63) is 48.7 Å². The van der Waals surface area contributed by atoms with Gasteiger partial charge in [0.15, 0.2) is 0 Å². The second-order valence-electron chi connectivity index (χ2n) is 3.41. The topological polar surface area (TPSA) is 60.5 Å². The molecule has 0 saturated heterocycles. The largest absolute Gasteiger partial charge is 0.497 e. The van der Waals surface area contributed by atoms with E-state index in [0.717, 1.165) is 5.75 Å². The molecule has 5 nitrogen and oxygen atoms in total. The fourth-order valence-corrected chi connectivity index (χ4v) is 1.32. The highest BCUT2D eigenvalue weighted by molar-refractivity contribution is 5.86. The zero-order valence-electron chi connectivity index (χ0n) is 9.79. The zero-order valence-corrected chi connectivity index (χ0v) is 9.79. The number of methoxy groups -OCH3 is 1. The Balaban J connectivity index is 1.94. The van der Waals surface area contributed by atoms with Crippen LogP contribution in [-0.2, 0) is 0 Å². The first-order valence-electron chi connectivity index (χ1n) is 5.32. The molecule has 0 unspecified atom stereocenters. The number of rotatable bonds is 3. The number of pyridine rings is 1. The first kappa shape index (κ1) is 11.9. The fraction of sp³-hybridized carbons (Fsp3) is 0.0769. The van der Waals surface area contributed by atoms with E-state index < -0.39 is 6.09 Å². The molecule has 0 spiro atoms. The quantitative estimate of drug-likeness (QED) is 0.901. The maximum absolute atomic E-state index is 11.5. The van der Waals surface area contributed by atoms with Crippen LogP contribution in [-0.4, -0.2) is 18.2 Å². The predicted octanol–water partition coefficient (Wildman–Crippen LogP) is 2.70. The van der Waals surface area contributed by atoms with Crippen LogP contribution in [0.4, 0.5) is 10.5 Å². The molecule has 0 atom stereocenters. The number of anilines is 1. The summed E-state index contributed by atoms with van der Waals surface area (Å²) >= 11 is 0. The van der Waals surface area contributed by atoms with Gasteiger partial charge >= 0.3 is 6.09 Å². The van der Waals surface area contributed by atoms with Crippen LogP contribution in [0.3, 0.4) is 0 Å². The SMILES string of the molecule is COc1ccc(NC(=O)Oc2ccccn2)cc1. The van der Waals surface area contributed by atoms with Gasteiger partial charge in [0, 0.05) is 18.0 Å². The lowest BCUT2D eigenvalue weighted by molar-refractivity contribution is 0.213. The maximum Gasteiger partial charge on any atom is 0.418 e. The maximum atomic E-state index is 11.5. The molecule has 0 bridgehead atoms. The molecule has 92 valence electrons. The molecule has 1 aromatic carbocycles. The fourth-order valence-electron chi connectivity index (χ4n) is 1.32. The Bertz CT molecular complexity index is 512. The zero-order chi connectivity index (χ0) is 12.8. The lowest BCUT2D eigenvalue weighted by atomic mass is 10.3. The van der Waals surface area contributed by atoms with E-state index in [1.54, 1.807) is 55.8 Å². The minimum atomic E-state index is -0.584. The number of benzene rings is 1. The summed E-state index contributed by atoms with van der Waals surface area (Å²) in [6.07, 6.45) is 0.967. The van der Waals surface area contributed by atoms with E-state index in [2.05, 4.69) is 10.3 Å². The number of carbonyl (C=O) groups is 1. The van der Waals surface area contributed by atoms with Crippen LogP contribution in [0.5, 0.6) is 11.6 Å². The monoisotopic (exact) mass is 244 g/mol. The lowest BCUT2D eigenvalue weighted by Crippen LogP contribution is -2.17. The average molecular weight is 244 g/mol. The highest BCUT2D eigenvalue weighted by atomic mass is 16.6. The van der Waals surface area contributed by atoms with E-state index in [1.165, 1.54) is 0 Å². The van der Waals surface area contributed by atoms with Gasteiger partial charge in [-0.2, -0.15) is 0 Å². The highest BCUT2D eigenvalue weighted by Crippen LogP contribution is 2.15. The Morgan fingerprint density at radius 1 is 1.17 bits per heavy atom. The van der Waals surface area contributed by atoms with Crippen molar-refractivity contribution >= 4 is 11.8 Å². The number of hydrogen-bond donors (Lipinski definition) is 1. The lowest BCUT2D eigenvalue weighted by Gasteiger charge is -2.06. The van der Waals surface area contributed by atoms with E-state index >= 15 is 0 Å². The van der Waals surface area contributed by atoms with Crippen molar-refractivity contribution in [2.75, 3.05) is 12.4 Å². The molecule has 0 radical (unpaired) electrons. The van der Waals surface area contributed by atoms with Crippen LogP contribution in [0.15, 0.2) is 48.7 Å². The van der Waals surface area contributed by atoms with Crippen molar-refractivity contribution in [3.8, 4) is 11.6 Å². The van der Waals surface area contributed by atoms with Gasteiger partial charge in [-0.25, -0.2) is 9.78 Å². The van der Waals surface area contributed by atoms with E-state index in [0.29, 0.717) is 5.69 Å². The van der Waals surface area contributed by atoms with Gasteiger partial charge in [-0.05, 0) is 30.3 Å². The normalized spacial score (nSPS) is 9.61. The molecule has 0 fully saturated rings. The number of aromatic nitrogens is 1. The van der Waals surface area contributed by atoms with Crippen LogP contribution < -0.4 is 14.8 Å². The Morgan fingerprint density at radius 3 is 2.56 bits per heavy atom. The third-order valence-electron chi connectivity index (χ3n) is 2.17. The van der Waals surface area contributed by atoms with Crippen LogP contribution in [0.25, 0.3) is 0 Å². The van der Waals surface area contributed by atoms with Crippen molar-refractivity contribution in [2.24, 2.45) is 0 Å². The number of hydrogen-bond acceptors (Lipinski definition) is 4. The third kappa shape index (κ3) is 3.21. The highest BCUT2D eigenvalue weighted by Gasteiger charge is 2.05. The van der Waals surface area contributed by atoms with Gasteiger partial charge in [-0.1, -0.05) is 6.07 Å². The predicted molar refractivity (Wildman–Crippen MR) is 66.9 cm³/mol. The van der Waals surface area contributed by atoms with Gasteiger partial charge in [0.05, 0.1) is 7.11 Å². The van der Waals surface area contributed by atoms with Crippen molar-refractivity contribution in [3.63, 3.8) is 0 Å².